The molecule has 4 rings (SSSR count). The van der Waals surface area contributed by atoms with Crippen molar-refractivity contribution >= 4 is 16.9 Å². The fraction of sp³-hybridized carbons (Fsp3) is 0.417. The fourth-order valence-corrected chi connectivity index (χ4v) is 4.25. The Morgan fingerprint density at radius 2 is 1.79 bits per heavy atom. The van der Waals surface area contributed by atoms with E-state index in [1.54, 1.807) is 0 Å². The highest BCUT2D eigenvalue weighted by Crippen LogP contribution is 2.22. The fourth-order valence-electron chi connectivity index (χ4n) is 4.25. The van der Waals surface area contributed by atoms with Gasteiger partial charge in [0.1, 0.15) is 5.82 Å². The van der Waals surface area contributed by atoms with Crippen molar-refractivity contribution in [3.05, 3.63) is 59.9 Å². The maximum absolute atomic E-state index is 12.6. The number of carbonyl (C=O) groups is 1. The number of benzene rings is 2. The number of carbonyl (C=O) groups excluding carboxylic acids is 1. The third-order valence-electron chi connectivity index (χ3n) is 6.05. The summed E-state index contributed by atoms with van der Waals surface area (Å²) in [5.41, 5.74) is 3.79. The van der Waals surface area contributed by atoms with Crippen molar-refractivity contribution in [2.24, 2.45) is 5.92 Å². The molecule has 0 atom stereocenters. The summed E-state index contributed by atoms with van der Waals surface area (Å²) in [6, 6.07) is 16.5. The third kappa shape index (κ3) is 4.20. The van der Waals surface area contributed by atoms with E-state index in [9.17, 15) is 4.79 Å². The maximum Gasteiger partial charge on any atom is 0.251 e. The van der Waals surface area contributed by atoms with Gasteiger partial charge in [-0.3, -0.25) is 9.36 Å². The number of nitrogens with zero attached hydrogens (tertiary/aromatic N) is 3. The van der Waals surface area contributed by atoms with Crippen LogP contribution in [0.15, 0.2) is 48.5 Å². The second-order valence-corrected chi connectivity index (χ2v) is 8.31. The van der Waals surface area contributed by atoms with Gasteiger partial charge in [0.25, 0.3) is 5.91 Å². The van der Waals surface area contributed by atoms with Crippen LogP contribution < -0.4 is 5.32 Å². The number of nitrogens with one attached hydrogen (secondary N) is 1. The number of rotatable bonds is 5. The molecule has 0 spiro atoms. The van der Waals surface area contributed by atoms with Crippen molar-refractivity contribution in [3.63, 3.8) is 0 Å². The van der Waals surface area contributed by atoms with Gasteiger partial charge < -0.3 is 10.2 Å². The largest absolute Gasteiger partial charge is 0.352 e. The molecule has 5 nitrogen and oxygen atoms in total. The van der Waals surface area contributed by atoms with Crippen LogP contribution in [0.4, 0.5) is 0 Å². The summed E-state index contributed by atoms with van der Waals surface area (Å²) in [6.07, 6.45) is 2.31. The lowest BCUT2D eigenvalue weighted by atomic mass is 9.96. The van der Waals surface area contributed by atoms with Gasteiger partial charge in [0, 0.05) is 23.8 Å². The number of para-hydroxylation sites is 2. The van der Waals surface area contributed by atoms with Crippen LogP contribution in [0.5, 0.6) is 0 Å². The molecule has 0 aliphatic carbocycles. The summed E-state index contributed by atoms with van der Waals surface area (Å²) in [7, 11) is 0. The predicted octanol–water partition coefficient (Wildman–Crippen LogP) is 4.18. The second kappa shape index (κ2) is 8.37. The van der Waals surface area contributed by atoms with Gasteiger partial charge in [-0.15, -0.1) is 0 Å². The monoisotopic (exact) mass is 390 g/mol. The van der Waals surface area contributed by atoms with Gasteiger partial charge in [0.2, 0.25) is 0 Å². The number of imidazole rings is 1. The van der Waals surface area contributed by atoms with Gasteiger partial charge in [-0.2, -0.15) is 0 Å². The minimum atomic E-state index is 0.00931. The molecule has 1 saturated heterocycles. The Hall–Kier alpha value is -2.66. The van der Waals surface area contributed by atoms with Crippen molar-refractivity contribution in [1.29, 1.82) is 0 Å². The molecule has 1 aromatic heterocycles. The van der Waals surface area contributed by atoms with E-state index < -0.39 is 0 Å². The minimum absolute atomic E-state index is 0.00931. The van der Waals surface area contributed by atoms with Gasteiger partial charge in [0.05, 0.1) is 11.0 Å². The van der Waals surface area contributed by atoms with Crippen LogP contribution in [0, 0.1) is 12.8 Å². The number of fused-ring (bicyclic) bond motifs is 1. The molecular weight excluding hydrogens is 360 g/mol. The SMILES string of the molecule is Cc1nc2ccccc2n1-c1ccc(C(=O)NCC2CCN(C(C)C)CC2)cc1. The number of hydrogen-bond acceptors (Lipinski definition) is 3. The van der Waals surface area contributed by atoms with E-state index in [0.29, 0.717) is 17.5 Å². The number of amides is 1. The Bertz CT molecular complexity index is 982. The summed E-state index contributed by atoms with van der Waals surface area (Å²) in [5, 5.41) is 3.13. The van der Waals surface area contributed by atoms with E-state index >= 15 is 0 Å². The highest BCUT2D eigenvalue weighted by atomic mass is 16.1. The van der Waals surface area contributed by atoms with E-state index in [4.69, 9.17) is 0 Å². The lowest BCUT2D eigenvalue weighted by Crippen LogP contribution is -2.41. The molecule has 3 aromatic rings. The number of hydrogen-bond donors (Lipinski definition) is 1. The van der Waals surface area contributed by atoms with Crippen LogP contribution in [-0.2, 0) is 0 Å². The lowest BCUT2D eigenvalue weighted by molar-refractivity contribution is 0.0929. The summed E-state index contributed by atoms with van der Waals surface area (Å²) in [6.45, 7) is 9.53. The Morgan fingerprint density at radius 1 is 1.10 bits per heavy atom. The molecule has 1 fully saturated rings. The van der Waals surface area contributed by atoms with E-state index in [2.05, 4.69) is 39.7 Å². The van der Waals surface area contributed by atoms with Crippen molar-refractivity contribution < 1.29 is 4.79 Å². The first-order valence-electron chi connectivity index (χ1n) is 10.6. The van der Waals surface area contributed by atoms with Gasteiger partial charge in [-0.25, -0.2) is 4.98 Å². The van der Waals surface area contributed by atoms with Crippen molar-refractivity contribution in [2.45, 2.75) is 39.7 Å². The van der Waals surface area contributed by atoms with E-state index in [1.807, 2.05) is 49.4 Å². The molecule has 1 aliphatic rings. The molecular formula is C24H30N4O. The number of piperidine rings is 1. The van der Waals surface area contributed by atoms with Gasteiger partial charge in [0.15, 0.2) is 0 Å². The van der Waals surface area contributed by atoms with E-state index in [0.717, 1.165) is 55.0 Å². The molecule has 5 heteroatoms. The topological polar surface area (TPSA) is 50.2 Å². The van der Waals surface area contributed by atoms with Crippen LogP contribution in [0.25, 0.3) is 16.7 Å². The summed E-state index contributed by atoms with van der Waals surface area (Å²) < 4.78 is 2.12. The lowest BCUT2D eigenvalue weighted by Gasteiger charge is -2.34. The van der Waals surface area contributed by atoms with Crippen LogP contribution in [0.2, 0.25) is 0 Å². The zero-order valence-corrected chi connectivity index (χ0v) is 17.6. The van der Waals surface area contributed by atoms with E-state index in [-0.39, 0.29) is 5.91 Å². The van der Waals surface area contributed by atoms with Crippen LogP contribution in [-0.4, -0.2) is 46.0 Å². The molecule has 2 heterocycles. The highest BCUT2D eigenvalue weighted by Gasteiger charge is 2.21. The van der Waals surface area contributed by atoms with Gasteiger partial charge in [-0.05, 0) is 89.0 Å². The maximum atomic E-state index is 12.6. The molecule has 29 heavy (non-hydrogen) atoms. The quantitative estimate of drug-likeness (QED) is 0.711. The van der Waals surface area contributed by atoms with Crippen molar-refractivity contribution in [2.75, 3.05) is 19.6 Å². The first-order chi connectivity index (χ1) is 14.0. The summed E-state index contributed by atoms with van der Waals surface area (Å²) in [5.74, 6) is 1.53. The Balaban J connectivity index is 1.39. The van der Waals surface area contributed by atoms with Crippen LogP contribution in [0.3, 0.4) is 0 Å². The smallest absolute Gasteiger partial charge is 0.251 e. The number of likely N-dealkylation sites (tertiary alicyclic amines) is 1. The zero-order valence-electron chi connectivity index (χ0n) is 17.6. The molecule has 1 aliphatic heterocycles. The van der Waals surface area contributed by atoms with E-state index in [1.165, 1.54) is 0 Å². The molecule has 1 amide bonds. The minimum Gasteiger partial charge on any atom is -0.352 e. The molecule has 152 valence electrons. The first kappa shape index (κ1) is 19.6. The molecule has 2 aromatic carbocycles. The predicted molar refractivity (Wildman–Crippen MR) is 118 cm³/mol. The Morgan fingerprint density at radius 3 is 2.48 bits per heavy atom. The van der Waals surface area contributed by atoms with Crippen molar-refractivity contribution in [1.82, 2.24) is 19.8 Å². The molecule has 1 N–H and O–H groups in total. The second-order valence-electron chi connectivity index (χ2n) is 8.31. The summed E-state index contributed by atoms with van der Waals surface area (Å²) >= 11 is 0. The van der Waals surface area contributed by atoms with Gasteiger partial charge in [-0.1, -0.05) is 12.1 Å². The zero-order chi connectivity index (χ0) is 20.4. The molecule has 0 unspecified atom stereocenters. The Kier molecular flexibility index (Phi) is 5.67. The van der Waals surface area contributed by atoms with Crippen molar-refractivity contribution in [3.8, 4) is 5.69 Å². The molecule has 0 saturated carbocycles. The first-order valence-corrected chi connectivity index (χ1v) is 10.6. The average Bonchev–Trinajstić information content (AvgIpc) is 3.08. The standard InChI is InChI=1S/C24H30N4O/c1-17(2)27-14-12-19(13-15-27)16-25-24(29)20-8-10-21(11-9-20)28-18(3)26-22-6-4-5-7-23(22)28/h4-11,17,19H,12-16H2,1-3H3,(H,25,29). The molecule has 0 radical (unpaired) electrons. The number of aromatic nitrogens is 2. The Labute approximate surface area is 172 Å². The highest BCUT2D eigenvalue weighted by molar-refractivity contribution is 5.94. The molecule has 0 bridgehead atoms. The average molecular weight is 391 g/mol. The summed E-state index contributed by atoms with van der Waals surface area (Å²) in [4.78, 5) is 19.7. The van der Waals surface area contributed by atoms with Crippen LogP contribution in [0.1, 0.15) is 42.9 Å². The van der Waals surface area contributed by atoms with Gasteiger partial charge >= 0.3 is 0 Å². The normalized spacial score (nSPS) is 15.9. The van der Waals surface area contributed by atoms with Crippen LogP contribution >= 0.6 is 0 Å². The number of aryl methyl sites for hydroxylation is 1. The third-order valence-corrected chi connectivity index (χ3v) is 6.05.